The van der Waals surface area contributed by atoms with E-state index in [-0.39, 0.29) is 5.91 Å². The van der Waals surface area contributed by atoms with Crippen molar-refractivity contribution in [2.75, 3.05) is 6.54 Å². The lowest BCUT2D eigenvalue weighted by Gasteiger charge is -2.28. The van der Waals surface area contributed by atoms with E-state index in [1.807, 2.05) is 41.3 Å². The number of benzene rings is 2. The molecule has 4 aromatic rings. The summed E-state index contributed by atoms with van der Waals surface area (Å²) in [6.45, 7) is 1.42. The van der Waals surface area contributed by atoms with Crippen molar-refractivity contribution in [2.24, 2.45) is 0 Å². The lowest BCUT2D eigenvalue weighted by molar-refractivity contribution is 0.0730. The van der Waals surface area contributed by atoms with Crippen LogP contribution in [-0.4, -0.2) is 27.3 Å². The Labute approximate surface area is 145 Å². The lowest BCUT2D eigenvalue weighted by atomic mass is 10.00. The van der Waals surface area contributed by atoms with Gasteiger partial charge in [0.2, 0.25) is 0 Å². The number of rotatable bonds is 1. The van der Waals surface area contributed by atoms with Crippen molar-refractivity contribution in [1.82, 2.24) is 14.9 Å². The number of hydrogen-bond donors (Lipinski definition) is 1. The Morgan fingerprint density at radius 1 is 1.00 bits per heavy atom. The first-order chi connectivity index (χ1) is 12.3. The molecular weight excluding hydrogens is 310 g/mol. The number of carbonyl (C=O) groups excluding carboxylic acids is 1. The molecule has 0 saturated heterocycles. The fourth-order valence-corrected chi connectivity index (χ4v) is 3.69. The maximum Gasteiger partial charge on any atom is 0.270 e. The number of H-pyrrole nitrogens is 1. The second kappa shape index (κ2) is 5.45. The topological polar surface area (TPSA) is 49.0 Å². The van der Waals surface area contributed by atoms with Crippen LogP contribution >= 0.6 is 0 Å². The van der Waals surface area contributed by atoms with Crippen molar-refractivity contribution < 1.29 is 4.79 Å². The van der Waals surface area contributed by atoms with Crippen LogP contribution in [0, 0.1) is 0 Å². The maximum atomic E-state index is 13.0. The van der Waals surface area contributed by atoms with Crippen LogP contribution in [0.5, 0.6) is 0 Å². The highest BCUT2D eigenvalue weighted by molar-refractivity contribution is 6.07. The molecule has 0 atom stereocenters. The first-order valence-electron chi connectivity index (χ1n) is 8.52. The van der Waals surface area contributed by atoms with Crippen LogP contribution < -0.4 is 0 Å². The number of nitrogens with one attached hydrogen (secondary N) is 1. The van der Waals surface area contributed by atoms with E-state index >= 15 is 0 Å². The van der Waals surface area contributed by atoms with Crippen LogP contribution in [0.4, 0.5) is 0 Å². The fourth-order valence-electron chi connectivity index (χ4n) is 3.69. The SMILES string of the molecule is O=C(c1cc2ccc3cccnc3c2[nH]1)N1CCc2ccccc2C1. The number of aromatic amines is 1. The molecule has 0 fully saturated rings. The molecule has 1 amide bonds. The Balaban J connectivity index is 1.53. The zero-order chi connectivity index (χ0) is 16.8. The number of nitrogens with zero attached hydrogens (tertiary/aromatic N) is 2. The van der Waals surface area contributed by atoms with Crippen molar-refractivity contribution in [3.8, 4) is 0 Å². The van der Waals surface area contributed by atoms with Crippen molar-refractivity contribution in [3.63, 3.8) is 0 Å². The summed E-state index contributed by atoms with van der Waals surface area (Å²) in [6.07, 6.45) is 2.69. The van der Waals surface area contributed by atoms with Gasteiger partial charge in [-0.2, -0.15) is 0 Å². The number of aromatic nitrogens is 2. The third-order valence-corrected chi connectivity index (χ3v) is 5.01. The standard InChI is InChI=1S/C21H17N3O/c25-21(24-11-9-14-4-1-2-5-17(14)13-24)18-12-16-8-7-15-6-3-10-22-19(15)20(16)23-18/h1-8,10,12,23H,9,11,13H2. The average molecular weight is 327 g/mol. The van der Waals surface area contributed by atoms with Crippen LogP contribution in [0.2, 0.25) is 0 Å². The van der Waals surface area contributed by atoms with Gasteiger partial charge in [-0.05, 0) is 29.7 Å². The smallest absolute Gasteiger partial charge is 0.270 e. The van der Waals surface area contributed by atoms with Gasteiger partial charge in [0.25, 0.3) is 5.91 Å². The van der Waals surface area contributed by atoms with Gasteiger partial charge in [-0.3, -0.25) is 9.78 Å². The molecule has 0 saturated carbocycles. The number of pyridine rings is 1. The zero-order valence-corrected chi connectivity index (χ0v) is 13.7. The van der Waals surface area contributed by atoms with E-state index in [1.165, 1.54) is 11.1 Å². The van der Waals surface area contributed by atoms with Crippen molar-refractivity contribution in [1.29, 1.82) is 0 Å². The first-order valence-corrected chi connectivity index (χ1v) is 8.52. The summed E-state index contributed by atoms with van der Waals surface area (Å²) >= 11 is 0. The largest absolute Gasteiger partial charge is 0.349 e. The minimum atomic E-state index is 0.0507. The van der Waals surface area contributed by atoms with Crippen molar-refractivity contribution in [2.45, 2.75) is 13.0 Å². The monoisotopic (exact) mass is 327 g/mol. The Bertz CT molecular complexity index is 1110. The molecule has 1 N–H and O–H groups in total. The molecule has 25 heavy (non-hydrogen) atoms. The minimum Gasteiger partial charge on any atom is -0.349 e. The molecule has 2 aromatic carbocycles. The molecule has 122 valence electrons. The van der Waals surface area contributed by atoms with Gasteiger partial charge in [-0.25, -0.2) is 0 Å². The summed E-state index contributed by atoms with van der Waals surface area (Å²) in [4.78, 5) is 22.7. The average Bonchev–Trinajstić information content (AvgIpc) is 3.12. The van der Waals surface area contributed by atoms with Gasteiger partial charge in [0, 0.05) is 30.1 Å². The minimum absolute atomic E-state index is 0.0507. The summed E-state index contributed by atoms with van der Waals surface area (Å²) in [5.74, 6) is 0.0507. The Kier molecular flexibility index (Phi) is 3.10. The van der Waals surface area contributed by atoms with Crippen LogP contribution in [0.15, 0.2) is 60.8 Å². The van der Waals surface area contributed by atoms with E-state index in [2.05, 4.69) is 28.2 Å². The molecule has 1 aliphatic rings. The molecule has 4 heteroatoms. The molecule has 0 radical (unpaired) electrons. The van der Waals surface area contributed by atoms with Crippen molar-refractivity contribution >= 4 is 27.7 Å². The Morgan fingerprint density at radius 2 is 1.84 bits per heavy atom. The summed E-state index contributed by atoms with van der Waals surface area (Å²) in [7, 11) is 0. The van der Waals surface area contributed by atoms with Gasteiger partial charge in [0.05, 0.1) is 11.0 Å². The summed E-state index contributed by atoms with van der Waals surface area (Å²) in [6, 6.07) is 18.3. The highest BCUT2D eigenvalue weighted by atomic mass is 16.2. The molecule has 5 rings (SSSR count). The second-order valence-electron chi connectivity index (χ2n) is 6.53. The summed E-state index contributed by atoms with van der Waals surface area (Å²) in [5.41, 5.74) is 5.05. The summed E-state index contributed by atoms with van der Waals surface area (Å²) < 4.78 is 0. The van der Waals surface area contributed by atoms with Crippen LogP contribution in [0.25, 0.3) is 21.8 Å². The number of fused-ring (bicyclic) bond motifs is 4. The predicted molar refractivity (Wildman–Crippen MR) is 98.5 cm³/mol. The van der Waals surface area contributed by atoms with Gasteiger partial charge in [0.15, 0.2) is 0 Å². The third kappa shape index (κ3) is 2.30. The van der Waals surface area contributed by atoms with Crippen LogP contribution in [-0.2, 0) is 13.0 Å². The van der Waals surface area contributed by atoms with E-state index in [0.29, 0.717) is 12.2 Å². The maximum absolute atomic E-state index is 13.0. The fraction of sp³-hybridized carbons (Fsp3) is 0.143. The highest BCUT2D eigenvalue weighted by Crippen LogP contribution is 2.26. The van der Waals surface area contributed by atoms with Gasteiger partial charge < -0.3 is 9.88 Å². The Hall–Kier alpha value is -3.14. The van der Waals surface area contributed by atoms with Crippen molar-refractivity contribution in [3.05, 3.63) is 77.6 Å². The summed E-state index contributed by atoms with van der Waals surface area (Å²) in [5, 5.41) is 2.09. The molecule has 0 aliphatic carbocycles. The Morgan fingerprint density at radius 3 is 2.76 bits per heavy atom. The molecule has 0 bridgehead atoms. The quantitative estimate of drug-likeness (QED) is 0.576. The zero-order valence-electron chi connectivity index (χ0n) is 13.7. The number of hydrogen-bond acceptors (Lipinski definition) is 2. The van der Waals surface area contributed by atoms with E-state index in [0.717, 1.165) is 34.8 Å². The van der Waals surface area contributed by atoms with E-state index in [1.54, 1.807) is 6.20 Å². The predicted octanol–water partition coefficient (Wildman–Crippen LogP) is 3.91. The van der Waals surface area contributed by atoms with E-state index in [4.69, 9.17) is 0 Å². The third-order valence-electron chi connectivity index (χ3n) is 5.01. The van der Waals surface area contributed by atoms with Gasteiger partial charge >= 0.3 is 0 Å². The molecule has 0 unspecified atom stereocenters. The second-order valence-corrected chi connectivity index (χ2v) is 6.53. The molecule has 2 aromatic heterocycles. The molecule has 4 nitrogen and oxygen atoms in total. The van der Waals surface area contributed by atoms with Gasteiger partial charge in [0.1, 0.15) is 5.69 Å². The van der Waals surface area contributed by atoms with E-state index < -0.39 is 0 Å². The van der Waals surface area contributed by atoms with Gasteiger partial charge in [-0.1, -0.05) is 42.5 Å². The molecular formula is C21H17N3O. The van der Waals surface area contributed by atoms with Crippen LogP contribution in [0.1, 0.15) is 21.6 Å². The highest BCUT2D eigenvalue weighted by Gasteiger charge is 2.23. The number of carbonyl (C=O) groups is 1. The van der Waals surface area contributed by atoms with Crippen LogP contribution in [0.3, 0.4) is 0 Å². The molecule has 1 aliphatic heterocycles. The van der Waals surface area contributed by atoms with Gasteiger partial charge in [-0.15, -0.1) is 0 Å². The molecule has 3 heterocycles. The van der Waals surface area contributed by atoms with E-state index in [9.17, 15) is 4.79 Å². The lowest BCUT2D eigenvalue weighted by Crippen LogP contribution is -2.36. The number of amides is 1. The molecule has 0 spiro atoms. The first kappa shape index (κ1) is 14.2. The normalized spacial score (nSPS) is 14.0.